The zero-order valence-electron chi connectivity index (χ0n) is 8.68. The second kappa shape index (κ2) is 3.06. The quantitative estimate of drug-likeness (QED) is 0.863. The van der Waals surface area contributed by atoms with Gasteiger partial charge < -0.3 is 5.11 Å². The fraction of sp³-hybridized carbons (Fsp3) is 0.545. The molecule has 0 spiro atoms. The van der Waals surface area contributed by atoms with Crippen LogP contribution in [0.2, 0.25) is 0 Å². The first-order valence-electron chi connectivity index (χ1n) is 5.29. The number of fused-ring (bicyclic) bond motifs is 1. The fourth-order valence-electron chi connectivity index (χ4n) is 2.12. The molecule has 0 saturated heterocycles. The summed E-state index contributed by atoms with van der Waals surface area (Å²) < 4.78 is 2.05. The molecule has 1 fully saturated rings. The summed E-state index contributed by atoms with van der Waals surface area (Å²) in [7, 11) is 0. The number of nitrogens with zero attached hydrogens (tertiary/aromatic N) is 2. The molecule has 0 amide bonds. The van der Waals surface area contributed by atoms with Gasteiger partial charge in [-0.25, -0.2) is 4.98 Å². The first-order chi connectivity index (χ1) is 7.20. The molecule has 1 aliphatic rings. The molecule has 1 aliphatic carbocycles. The molecule has 0 bridgehead atoms. The molecule has 1 unspecified atom stereocenters. The van der Waals surface area contributed by atoms with E-state index < -0.39 is 0 Å². The lowest BCUT2D eigenvalue weighted by molar-refractivity contribution is 0.110. The number of aromatic nitrogens is 2. The number of aliphatic hydroxyl groups excluding tert-OH is 1. The number of thiazole rings is 1. The first-order valence-corrected chi connectivity index (χ1v) is 6.17. The summed E-state index contributed by atoms with van der Waals surface area (Å²) in [6.45, 7) is 1.89. The molecule has 3 rings (SSSR count). The van der Waals surface area contributed by atoms with E-state index in [-0.39, 0.29) is 11.5 Å². The average molecular weight is 222 g/mol. The Balaban J connectivity index is 1.86. The lowest BCUT2D eigenvalue weighted by Crippen LogP contribution is -2.20. The highest BCUT2D eigenvalue weighted by atomic mass is 32.1. The lowest BCUT2D eigenvalue weighted by Gasteiger charge is -2.16. The number of rotatable bonds is 3. The molecule has 2 heterocycles. The Labute approximate surface area is 92.4 Å². The van der Waals surface area contributed by atoms with Crippen molar-refractivity contribution in [2.24, 2.45) is 5.41 Å². The summed E-state index contributed by atoms with van der Waals surface area (Å²) in [5.41, 5.74) is 1.24. The third-order valence-electron chi connectivity index (χ3n) is 3.45. The van der Waals surface area contributed by atoms with Gasteiger partial charge in [0, 0.05) is 23.2 Å². The van der Waals surface area contributed by atoms with E-state index in [0.29, 0.717) is 0 Å². The van der Waals surface area contributed by atoms with Gasteiger partial charge in [0.1, 0.15) is 0 Å². The Morgan fingerprint density at radius 2 is 2.47 bits per heavy atom. The largest absolute Gasteiger partial charge is 0.393 e. The maximum atomic E-state index is 9.70. The number of imidazole rings is 1. The molecular formula is C11H14N2OS. The van der Waals surface area contributed by atoms with Crippen LogP contribution in [0.15, 0.2) is 17.8 Å². The third-order valence-corrected chi connectivity index (χ3v) is 4.23. The normalized spacial score (nSPS) is 20.7. The van der Waals surface area contributed by atoms with E-state index in [2.05, 4.69) is 15.6 Å². The van der Waals surface area contributed by atoms with Crippen molar-refractivity contribution in [1.82, 2.24) is 9.38 Å². The van der Waals surface area contributed by atoms with Crippen LogP contribution in [0.5, 0.6) is 0 Å². The number of hydrogen-bond donors (Lipinski definition) is 1. The highest BCUT2D eigenvalue weighted by Crippen LogP contribution is 2.51. The summed E-state index contributed by atoms with van der Waals surface area (Å²) in [5, 5.41) is 11.7. The molecule has 0 aliphatic heterocycles. The summed E-state index contributed by atoms with van der Waals surface area (Å²) >= 11 is 1.65. The van der Waals surface area contributed by atoms with Crippen molar-refractivity contribution in [3.05, 3.63) is 23.5 Å². The van der Waals surface area contributed by atoms with E-state index >= 15 is 0 Å². The van der Waals surface area contributed by atoms with Gasteiger partial charge in [0.25, 0.3) is 0 Å². The zero-order valence-corrected chi connectivity index (χ0v) is 9.50. The van der Waals surface area contributed by atoms with Gasteiger partial charge in [0.2, 0.25) is 0 Å². The Morgan fingerprint density at radius 3 is 3.07 bits per heavy atom. The fourth-order valence-corrected chi connectivity index (χ4v) is 2.84. The highest BCUT2D eigenvalue weighted by Gasteiger charge is 2.47. The van der Waals surface area contributed by atoms with Crippen LogP contribution in [0, 0.1) is 5.41 Å². The van der Waals surface area contributed by atoms with Crippen LogP contribution in [0.25, 0.3) is 4.96 Å². The van der Waals surface area contributed by atoms with Crippen molar-refractivity contribution in [2.75, 3.05) is 0 Å². The third kappa shape index (κ3) is 1.48. The summed E-state index contributed by atoms with van der Waals surface area (Å²) in [6, 6.07) is 0. The van der Waals surface area contributed by atoms with Crippen molar-refractivity contribution in [3.8, 4) is 0 Å². The average Bonchev–Trinajstić information content (AvgIpc) is 2.64. The van der Waals surface area contributed by atoms with Gasteiger partial charge >= 0.3 is 0 Å². The van der Waals surface area contributed by atoms with Crippen LogP contribution in [0.3, 0.4) is 0 Å². The van der Waals surface area contributed by atoms with Crippen LogP contribution < -0.4 is 0 Å². The minimum atomic E-state index is -0.211. The summed E-state index contributed by atoms with van der Waals surface area (Å²) in [4.78, 5) is 5.60. The molecule has 2 aromatic rings. The monoisotopic (exact) mass is 222 g/mol. The SMILES string of the molecule is CC(O)C1(Cc2cn3ccsc3n2)CC1. The molecular weight excluding hydrogens is 208 g/mol. The topological polar surface area (TPSA) is 37.5 Å². The van der Waals surface area contributed by atoms with E-state index in [1.54, 1.807) is 11.3 Å². The Hall–Kier alpha value is -0.870. The minimum absolute atomic E-state index is 0.129. The van der Waals surface area contributed by atoms with Crippen LogP contribution in [0.1, 0.15) is 25.5 Å². The van der Waals surface area contributed by atoms with Gasteiger partial charge in [0.05, 0.1) is 11.8 Å². The van der Waals surface area contributed by atoms with Crippen molar-refractivity contribution in [1.29, 1.82) is 0 Å². The van der Waals surface area contributed by atoms with Crippen molar-refractivity contribution < 1.29 is 5.11 Å². The van der Waals surface area contributed by atoms with Gasteiger partial charge in [-0.2, -0.15) is 0 Å². The van der Waals surface area contributed by atoms with Crippen molar-refractivity contribution in [2.45, 2.75) is 32.3 Å². The van der Waals surface area contributed by atoms with Gasteiger partial charge in [-0.3, -0.25) is 4.40 Å². The molecule has 3 nitrogen and oxygen atoms in total. The van der Waals surface area contributed by atoms with Gasteiger partial charge in [0.15, 0.2) is 4.96 Å². The lowest BCUT2D eigenvalue weighted by atomic mass is 9.95. The van der Waals surface area contributed by atoms with Crippen molar-refractivity contribution >= 4 is 16.3 Å². The molecule has 15 heavy (non-hydrogen) atoms. The number of aliphatic hydroxyl groups is 1. The van der Waals surface area contributed by atoms with Gasteiger partial charge in [-0.15, -0.1) is 11.3 Å². The Kier molecular flexibility index (Phi) is 1.91. The van der Waals surface area contributed by atoms with E-state index in [9.17, 15) is 5.11 Å². The zero-order chi connectivity index (χ0) is 10.5. The molecule has 0 radical (unpaired) electrons. The predicted octanol–water partition coefficient (Wildman–Crippen LogP) is 2.10. The minimum Gasteiger partial charge on any atom is -0.393 e. The van der Waals surface area contributed by atoms with Crippen molar-refractivity contribution in [3.63, 3.8) is 0 Å². The Morgan fingerprint density at radius 1 is 1.67 bits per heavy atom. The predicted molar refractivity (Wildman–Crippen MR) is 60.1 cm³/mol. The maximum Gasteiger partial charge on any atom is 0.193 e. The van der Waals surface area contributed by atoms with E-state index in [1.165, 1.54) is 0 Å². The molecule has 1 saturated carbocycles. The molecule has 80 valence electrons. The van der Waals surface area contributed by atoms with Gasteiger partial charge in [-0.05, 0) is 26.2 Å². The maximum absolute atomic E-state index is 9.70. The van der Waals surface area contributed by atoms with Crippen LogP contribution >= 0.6 is 11.3 Å². The van der Waals surface area contributed by atoms with E-state index in [4.69, 9.17) is 0 Å². The summed E-state index contributed by atoms with van der Waals surface area (Å²) in [6.07, 6.45) is 7.08. The molecule has 2 aromatic heterocycles. The second-order valence-electron chi connectivity index (χ2n) is 4.54. The standard InChI is InChI=1S/C11H14N2OS/c1-8(14)11(2-3-11)6-9-7-13-4-5-15-10(13)12-9/h4-5,7-8,14H,2-3,6H2,1H3. The van der Waals surface area contributed by atoms with Crippen LogP contribution in [-0.4, -0.2) is 20.6 Å². The number of hydrogen-bond acceptors (Lipinski definition) is 3. The summed E-state index contributed by atoms with van der Waals surface area (Å²) in [5.74, 6) is 0. The Bertz CT molecular complexity index is 453. The van der Waals surface area contributed by atoms with Gasteiger partial charge in [-0.1, -0.05) is 0 Å². The second-order valence-corrected chi connectivity index (χ2v) is 5.41. The van der Waals surface area contributed by atoms with E-state index in [1.807, 2.05) is 18.5 Å². The molecule has 4 heteroatoms. The smallest absolute Gasteiger partial charge is 0.193 e. The van der Waals surface area contributed by atoms with Crippen LogP contribution in [-0.2, 0) is 6.42 Å². The highest BCUT2D eigenvalue weighted by molar-refractivity contribution is 7.15. The van der Waals surface area contributed by atoms with Crippen LogP contribution in [0.4, 0.5) is 0 Å². The molecule has 1 atom stereocenters. The molecule has 0 aromatic carbocycles. The van der Waals surface area contributed by atoms with E-state index in [0.717, 1.165) is 29.9 Å². The molecule has 1 N–H and O–H groups in total. The first kappa shape index (κ1) is 9.36.